The Morgan fingerprint density at radius 2 is 2.06 bits per heavy atom. The largest absolute Gasteiger partial charge is 0.375 e. The van der Waals surface area contributed by atoms with E-state index < -0.39 is 13.0 Å². The molecule has 0 amide bonds. The third kappa shape index (κ3) is 3.73. The smallest absolute Gasteiger partial charge is 0.261 e. The topological polar surface area (TPSA) is 18.5 Å². The third-order valence-corrected chi connectivity index (χ3v) is 3.85. The molecule has 100 valence electrons. The highest BCUT2D eigenvalue weighted by Crippen LogP contribution is 2.30. The molecule has 0 spiro atoms. The van der Waals surface area contributed by atoms with Crippen molar-refractivity contribution in [1.82, 2.24) is 0 Å². The Hall–Kier alpha value is -0.520. The number of alkyl halides is 3. The average Bonchev–Trinajstić information content (AvgIpc) is 2.81. The minimum absolute atomic E-state index is 0.126. The van der Waals surface area contributed by atoms with Gasteiger partial charge in [-0.25, -0.2) is 8.78 Å². The van der Waals surface area contributed by atoms with Gasteiger partial charge >= 0.3 is 0 Å². The lowest BCUT2D eigenvalue weighted by molar-refractivity contribution is 0.0167. The summed E-state index contributed by atoms with van der Waals surface area (Å²) in [6, 6.07) is 6.21. The molecule has 1 aromatic carbocycles. The molecule has 0 fully saturated rings. The summed E-state index contributed by atoms with van der Waals surface area (Å²) < 4.78 is 34.0. The van der Waals surface area contributed by atoms with E-state index in [4.69, 9.17) is 9.47 Å². The number of halogens is 3. The molecule has 0 aromatic heterocycles. The van der Waals surface area contributed by atoms with E-state index in [1.165, 1.54) is 11.1 Å². The molecule has 0 N–H and O–H groups in total. The van der Waals surface area contributed by atoms with Gasteiger partial charge in [-0.05, 0) is 23.1 Å². The molecular weight excluding hydrogens is 306 g/mol. The number of hydrogen-bond acceptors (Lipinski definition) is 2. The zero-order valence-electron chi connectivity index (χ0n) is 9.87. The second-order valence-electron chi connectivity index (χ2n) is 4.24. The highest BCUT2D eigenvalue weighted by atomic mass is 79.9. The Labute approximate surface area is 113 Å². The molecule has 1 unspecified atom stereocenters. The van der Waals surface area contributed by atoms with Gasteiger partial charge in [0.1, 0.15) is 6.61 Å². The lowest BCUT2D eigenvalue weighted by Crippen LogP contribution is -2.06. The van der Waals surface area contributed by atoms with Crippen LogP contribution >= 0.6 is 15.9 Å². The molecule has 18 heavy (non-hydrogen) atoms. The number of rotatable bonds is 6. The van der Waals surface area contributed by atoms with E-state index in [-0.39, 0.29) is 4.83 Å². The van der Waals surface area contributed by atoms with Gasteiger partial charge in [-0.2, -0.15) is 0 Å². The standard InChI is InChI=1S/C13H15BrF2O2/c14-12(3-4-17-8-13(15)16)9-1-2-10-6-18-7-11(10)5-9/h1-2,5,12-13H,3-4,6-8H2. The summed E-state index contributed by atoms with van der Waals surface area (Å²) in [7, 11) is 0. The minimum Gasteiger partial charge on any atom is -0.375 e. The fourth-order valence-corrected chi connectivity index (χ4v) is 2.38. The van der Waals surface area contributed by atoms with Gasteiger partial charge in [0.05, 0.1) is 13.2 Å². The maximum atomic E-state index is 11.9. The zero-order chi connectivity index (χ0) is 13.0. The predicted molar refractivity (Wildman–Crippen MR) is 68.0 cm³/mol. The van der Waals surface area contributed by atoms with Crippen LogP contribution in [0.25, 0.3) is 0 Å². The predicted octanol–water partition coefficient (Wildman–Crippen LogP) is 3.82. The molecule has 0 radical (unpaired) electrons. The van der Waals surface area contributed by atoms with Gasteiger partial charge in [-0.1, -0.05) is 34.1 Å². The Balaban J connectivity index is 1.83. The van der Waals surface area contributed by atoms with Crippen molar-refractivity contribution in [3.05, 3.63) is 34.9 Å². The first-order chi connectivity index (χ1) is 8.66. The van der Waals surface area contributed by atoms with Gasteiger partial charge in [-0.3, -0.25) is 0 Å². The van der Waals surface area contributed by atoms with Gasteiger partial charge in [-0.15, -0.1) is 0 Å². The summed E-state index contributed by atoms with van der Waals surface area (Å²) in [4.78, 5) is 0.126. The molecule has 0 aliphatic carbocycles. The van der Waals surface area contributed by atoms with Crippen molar-refractivity contribution in [2.45, 2.75) is 30.9 Å². The van der Waals surface area contributed by atoms with E-state index in [1.54, 1.807) is 0 Å². The van der Waals surface area contributed by atoms with Crippen LogP contribution in [0.2, 0.25) is 0 Å². The van der Waals surface area contributed by atoms with Crippen molar-refractivity contribution in [2.75, 3.05) is 13.2 Å². The van der Waals surface area contributed by atoms with Crippen molar-refractivity contribution in [1.29, 1.82) is 0 Å². The van der Waals surface area contributed by atoms with Gasteiger partial charge in [0.15, 0.2) is 0 Å². The molecule has 2 rings (SSSR count). The van der Waals surface area contributed by atoms with Crippen molar-refractivity contribution in [3.8, 4) is 0 Å². The highest BCUT2D eigenvalue weighted by molar-refractivity contribution is 9.09. The van der Waals surface area contributed by atoms with Crippen LogP contribution in [0.5, 0.6) is 0 Å². The zero-order valence-corrected chi connectivity index (χ0v) is 11.5. The van der Waals surface area contributed by atoms with E-state index in [2.05, 4.69) is 28.1 Å². The van der Waals surface area contributed by atoms with Gasteiger partial charge < -0.3 is 9.47 Å². The van der Waals surface area contributed by atoms with Gasteiger partial charge in [0, 0.05) is 11.4 Å². The molecule has 0 bridgehead atoms. The number of benzene rings is 1. The van der Waals surface area contributed by atoms with Crippen molar-refractivity contribution in [3.63, 3.8) is 0 Å². The second-order valence-corrected chi connectivity index (χ2v) is 5.35. The van der Waals surface area contributed by atoms with Crippen molar-refractivity contribution in [2.24, 2.45) is 0 Å². The number of fused-ring (bicyclic) bond motifs is 1. The van der Waals surface area contributed by atoms with Crippen LogP contribution in [0.15, 0.2) is 18.2 Å². The summed E-state index contributed by atoms with van der Waals surface area (Å²) in [5.41, 5.74) is 3.58. The average molecular weight is 321 g/mol. The van der Waals surface area contributed by atoms with Gasteiger partial charge in [0.2, 0.25) is 0 Å². The third-order valence-electron chi connectivity index (χ3n) is 2.87. The van der Waals surface area contributed by atoms with Crippen LogP contribution < -0.4 is 0 Å². The molecule has 2 nitrogen and oxygen atoms in total. The molecular formula is C13H15BrF2O2. The second kappa shape index (κ2) is 6.59. The Bertz CT molecular complexity index is 399. The van der Waals surface area contributed by atoms with Crippen LogP contribution in [-0.4, -0.2) is 19.6 Å². The number of ether oxygens (including phenoxy) is 2. The van der Waals surface area contributed by atoms with Crippen LogP contribution in [0.1, 0.15) is 27.9 Å². The highest BCUT2D eigenvalue weighted by Gasteiger charge is 2.14. The van der Waals surface area contributed by atoms with E-state index >= 15 is 0 Å². The minimum atomic E-state index is -2.39. The lowest BCUT2D eigenvalue weighted by Gasteiger charge is -2.11. The SMILES string of the molecule is FC(F)COCCC(Br)c1ccc2c(c1)COC2. The molecule has 0 saturated carbocycles. The molecule has 5 heteroatoms. The maximum Gasteiger partial charge on any atom is 0.261 e. The number of hydrogen-bond donors (Lipinski definition) is 0. The summed E-state index contributed by atoms with van der Waals surface area (Å²) >= 11 is 3.55. The van der Waals surface area contributed by atoms with Crippen molar-refractivity contribution < 1.29 is 18.3 Å². The van der Waals surface area contributed by atoms with Crippen LogP contribution in [0, 0.1) is 0 Å². The van der Waals surface area contributed by atoms with Crippen molar-refractivity contribution >= 4 is 15.9 Å². The Kier molecular flexibility index (Phi) is 5.09. The summed E-state index contributed by atoms with van der Waals surface area (Å²) in [5, 5.41) is 0. The molecule has 1 heterocycles. The first-order valence-electron chi connectivity index (χ1n) is 5.86. The first-order valence-corrected chi connectivity index (χ1v) is 6.78. The van der Waals surface area contributed by atoms with E-state index in [1.807, 2.05) is 6.07 Å². The molecule has 1 atom stereocenters. The van der Waals surface area contributed by atoms with E-state index in [0.29, 0.717) is 26.2 Å². The monoisotopic (exact) mass is 320 g/mol. The van der Waals surface area contributed by atoms with Gasteiger partial charge in [0.25, 0.3) is 6.43 Å². The first kappa shape index (κ1) is 13.9. The van der Waals surface area contributed by atoms with E-state index in [0.717, 1.165) is 5.56 Å². The van der Waals surface area contributed by atoms with Crippen LogP contribution in [-0.2, 0) is 22.7 Å². The lowest BCUT2D eigenvalue weighted by atomic mass is 10.0. The van der Waals surface area contributed by atoms with Crippen LogP contribution in [0.3, 0.4) is 0 Å². The Morgan fingerprint density at radius 3 is 2.83 bits per heavy atom. The van der Waals surface area contributed by atoms with E-state index in [9.17, 15) is 8.78 Å². The summed E-state index contributed by atoms with van der Waals surface area (Å²) in [6.07, 6.45) is -1.72. The molecule has 1 aliphatic rings. The fraction of sp³-hybridized carbons (Fsp3) is 0.538. The Morgan fingerprint density at radius 1 is 1.28 bits per heavy atom. The molecule has 1 aliphatic heterocycles. The summed E-state index contributed by atoms with van der Waals surface area (Å²) in [6.45, 7) is 1.18. The fourth-order valence-electron chi connectivity index (χ4n) is 1.91. The van der Waals surface area contributed by atoms with Crippen LogP contribution in [0.4, 0.5) is 8.78 Å². The quantitative estimate of drug-likeness (QED) is 0.586. The molecule has 0 saturated heterocycles. The molecule has 1 aromatic rings. The summed E-state index contributed by atoms with van der Waals surface area (Å²) in [5.74, 6) is 0. The normalized spacial score (nSPS) is 16.0. The maximum absolute atomic E-state index is 11.9.